The maximum Gasteiger partial charge on any atom is 0.492 e. The summed E-state index contributed by atoms with van der Waals surface area (Å²) in [6, 6.07) is 12.3. The molecule has 9 heteroatoms. The number of fused-ring (bicyclic) bond motifs is 1. The van der Waals surface area contributed by atoms with E-state index in [1.165, 1.54) is 12.4 Å². The molecule has 2 heterocycles. The van der Waals surface area contributed by atoms with E-state index in [-0.39, 0.29) is 18.2 Å². The van der Waals surface area contributed by atoms with E-state index in [1.807, 2.05) is 43.3 Å². The van der Waals surface area contributed by atoms with Gasteiger partial charge in [0.05, 0.1) is 31.6 Å². The second-order valence-electron chi connectivity index (χ2n) is 6.89. The summed E-state index contributed by atoms with van der Waals surface area (Å²) in [5.74, 6) is 0.282. The normalized spacial score (nSPS) is 13.6. The maximum absolute atomic E-state index is 12.5. The van der Waals surface area contributed by atoms with Crippen LogP contribution in [0.25, 0.3) is 0 Å². The molecule has 1 unspecified atom stereocenters. The number of nitrogens with zero attached hydrogens (tertiary/aromatic N) is 2. The Morgan fingerprint density at radius 3 is 2.73 bits per heavy atom. The monoisotopic (exact) mass is 405 g/mol. The Morgan fingerprint density at radius 1 is 1.23 bits per heavy atom. The molecule has 0 fully saturated rings. The molecule has 1 aromatic heterocycles. The quantitative estimate of drug-likeness (QED) is 0.529. The molecule has 1 aliphatic rings. The first-order valence-corrected chi connectivity index (χ1v) is 9.45. The molecule has 1 amide bonds. The lowest BCUT2D eigenvalue weighted by molar-refractivity contribution is 0.0910. The van der Waals surface area contributed by atoms with Crippen LogP contribution >= 0.6 is 0 Å². The fourth-order valence-corrected chi connectivity index (χ4v) is 3.35. The summed E-state index contributed by atoms with van der Waals surface area (Å²) in [7, 11) is -0.968. The number of carbonyl (C=O) groups excluding carboxylic acids is 1. The Labute approximate surface area is 173 Å². The van der Waals surface area contributed by atoms with Gasteiger partial charge in [-0.2, -0.15) is 0 Å². The van der Waals surface area contributed by atoms with E-state index in [4.69, 9.17) is 9.39 Å². The lowest BCUT2D eigenvalue weighted by atomic mass is 9.76. The number of aliphatic hydroxyl groups excluding tert-OH is 1. The molecule has 0 bridgehead atoms. The average Bonchev–Trinajstić information content (AvgIpc) is 3.16. The van der Waals surface area contributed by atoms with Gasteiger partial charge in [-0.25, -0.2) is 9.97 Å². The number of amides is 1. The number of aliphatic hydroxyl groups is 1. The first-order chi connectivity index (χ1) is 14.6. The topological polar surface area (TPSA) is 114 Å². The van der Waals surface area contributed by atoms with E-state index in [2.05, 4.69) is 15.3 Å². The Morgan fingerprint density at radius 2 is 2.03 bits per heavy atom. The van der Waals surface area contributed by atoms with Gasteiger partial charge in [-0.15, -0.1) is 0 Å². The molecule has 0 saturated carbocycles. The van der Waals surface area contributed by atoms with Crippen LogP contribution in [0, 0.1) is 6.92 Å². The van der Waals surface area contributed by atoms with E-state index in [9.17, 15) is 14.9 Å². The Bertz CT molecular complexity index is 1050. The molecule has 0 radical (unpaired) electrons. The van der Waals surface area contributed by atoms with E-state index >= 15 is 0 Å². The predicted molar refractivity (Wildman–Crippen MR) is 109 cm³/mol. The lowest BCUT2D eigenvalue weighted by Gasteiger charge is -2.16. The summed E-state index contributed by atoms with van der Waals surface area (Å²) in [6.45, 7) is 1.95. The average molecular weight is 405 g/mol. The highest BCUT2D eigenvalue weighted by Crippen LogP contribution is 2.25. The van der Waals surface area contributed by atoms with Crippen LogP contribution in [0.5, 0.6) is 11.6 Å². The van der Waals surface area contributed by atoms with Crippen molar-refractivity contribution in [1.29, 1.82) is 0 Å². The molecule has 3 aromatic rings. The zero-order chi connectivity index (χ0) is 21.1. The third-order valence-corrected chi connectivity index (χ3v) is 4.96. The maximum atomic E-state index is 12.5. The highest BCUT2D eigenvalue weighted by molar-refractivity contribution is 6.62. The van der Waals surface area contributed by atoms with Gasteiger partial charge < -0.3 is 24.8 Å². The molecule has 0 saturated heterocycles. The third kappa shape index (κ3) is 4.04. The van der Waals surface area contributed by atoms with E-state index in [1.54, 1.807) is 6.07 Å². The summed E-state index contributed by atoms with van der Waals surface area (Å²) in [5, 5.41) is 22.3. The van der Waals surface area contributed by atoms with Gasteiger partial charge in [0.2, 0.25) is 5.88 Å². The number of rotatable bonds is 6. The molecule has 2 aromatic carbocycles. The van der Waals surface area contributed by atoms with Crippen LogP contribution in [0.4, 0.5) is 0 Å². The van der Waals surface area contributed by atoms with Gasteiger partial charge in [0.15, 0.2) is 0 Å². The molecular formula is C21H20BN3O5. The predicted octanol–water partition coefficient (Wildman–Crippen LogP) is 1.26. The number of aromatic nitrogens is 2. The van der Waals surface area contributed by atoms with Gasteiger partial charge in [-0.1, -0.05) is 36.4 Å². The van der Waals surface area contributed by atoms with Crippen molar-refractivity contribution in [3.63, 3.8) is 0 Å². The number of carbonyl (C=O) groups is 1. The van der Waals surface area contributed by atoms with E-state index in [0.29, 0.717) is 17.8 Å². The van der Waals surface area contributed by atoms with Crippen LogP contribution in [0.1, 0.15) is 33.2 Å². The summed E-state index contributed by atoms with van der Waals surface area (Å²) in [6.07, 6.45) is 2.66. The number of ether oxygens (including phenoxy) is 1. The second-order valence-corrected chi connectivity index (χ2v) is 6.89. The van der Waals surface area contributed by atoms with Gasteiger partial charge in [0, 0.05) is 0 Å². The molecule has 30 heavy (non-hydrogen) atoms. The van der Waals surface area contributed by atoms with Gasteiger partial charge in [0.25, 0.3) is 5.91 Å². The van der Waals surface area contributed by atoms with E-state index < -0.39 is 19.1 Å². The highest BCUT2D eigenvalue weighted by atomic mass is 16.5. The van der Waals surface area contributed by atoms with Gasteiger partial charge in [0.1, 0.15) is 11.4 Å². The molecule has 152 valence electrons. The molecular weight excluding hydrogens is 385 g/mol. The van der Waals surface area contributed by atoms with E-state index in [0.717, 1.165) is 16.7 Å². The Hall–Kier alpha value is -3.27. The van der Waals surface area contributed by atoms with Crippen LogP contribution in [0.2, 0.25) is 0 Å². The van der Waals surface area contributed by atoms with Crippen molar-refractivity contribution in [2.75, 3.05) is 6.61 Å². The first-order valence-electron chi connectivity index (χ1n) is 9.45. The zero-order valence-corrected chi connectivity index (χ0v) is 16.3. The van der Waals surface area contributed by atoms with Gasteiger partial charge >= 0.3 is 7.12 Å². The van der Waals surface area contributed by atoms with Crippen LogP contribution in [0.15, 0.2) is 54.9 Å². The molecule has 0 aliphatic carbocycles. The SMILES string of the molecule is Cc1c(Oc2cnc(C(=O)NC(CO)c3ccccc3)cn2)ccc2c1B(O)OC2. The minimum Gasteiger partial charge on any atom is -0.437 e. The molecule has 4 rings (SSSR count). The van der Waals surface area contributed by atoms with Crippen molar-refractivity contribution >= 4 is 18.5 Å². The second kappa shape index (κ2) is 8.62. The first kappa shape index (κ1) is 20.0. The largest absolute Gasteiger partial charge is 0.492 e. The fraction of sp³-hybridized carbons (Fsp3) is 0.190. The van der Waals surface area contributed by atoms with Crippen molar-refractivity contribution in [3.8, 4) is 11.6 Å². The molecule has 8 nitrogen and oxygen atoms in total. The standard InChI is InChI=1S/C21H20BN3O5/c1-13-18(8-7-15-12-29-22(28)20(13)15)30-19-10-23-16(9-24-19)21(27)25-17(11-26)14-5-3-2-4-6-14/h2-10,17,26,28H,11-12H2,1H3,(H,25,27). The van der Waals surface area contributed by atoms with Crippen molar-refractivity contribution in [2.24, 2.45) is 0 Å². The number of benzene rings is 2. The number of hydrogen-bond donors (Lipinski definition) is 3. The van der Waals surface area contributed by atoms with Crippen LogP contribution in [-0.2, 0) is 11.3 Å². The smallest absolute Gasteiger partial charge is 0.437 e. The minimum absolute atomic E-state index is 0.103. The third-order valence-electron chi connectivity index (χ3n) is 4.96. The van der Waals surface area contributed by atoms with Crippen LogP contribution < -0.4 is 15.5 Å². The van der Waals surface area contributed by atoms with Crippen molar-refractivity contribution in [3.05, 3.63) is 77.2 Å². The molecule has 1 atom stereocenters. The van der Waals surface area contributed by atoms with Crippen molar-refractivity contribution < 1.29 is 24.3 Å². The summed E-state index contributed by atoms with van der Waals surface area (Å²) in [5.41, 5.74) is 3.27. The lowest BCUT2D eigenvalue weighted by Crippen LogP contribution is -2.31. The van der Waals surface area contributed by atoms with Crippen LogP contribution in [0.3, 0.4) is 0 Å². The minimum atomic E-state index is -0.968. The van der Waals surface area contributed by atoms with Crippen molar-refractivity contribution in [2.45, 2.75) is 19.6 Å². The Kier molecular flexibility index (Phi) is 5.76. The molecule has 0 spiro atoms. The summed E-state index contributed by atoms with van der Waals surface area (Å²) >= 11 is 0. The van der Waals surface area contributed by atoms with Gasteiger partial charge in [-0.05, 0) is 35.1 Å². The van der Waals surface area contributed by atoms with Crippen molar-refractivity contribution in [1.82, 2.24) is 15.3 Å². The Balaban J connectivity index is 1.46. The van der Waals surface area contributed by atoms with Gasteiger partial charge in [-0.3, -0.25) is 4.79 Å². The highest BCUT2D eigenvalue weighted by Gasteiger charge is 2.30. The summed E-state index contributed by atoms with van der Waals surface area (Å²) in [4.78, 5) is 20.7. The number of nitrogens with one attached hydrogen (secondary N) is 1. The number of hydrogen-bond acceptors (Lipinski definition) is 7. The summed E-state index contributed by atoms with van der Waals surface area (Å²) < 4.78 is 11.0. The fourth-order valence-electron chi connectivity index (χ4n) is 3.35. The molecule has 1 aliphatic heterocycles. The van der Waals surface area contributed by atoms with Crippen LogP contribution in [-0.4, -0.2) is 39.7 Å². The zero-order valence-electron chi connectivity index (χ0n) is 16.3. The molecule has 3 N–H and O–H groups in total.